The van der Waals surface area contributed by atoms with Crippen molar-refractivity contribution in [1.29, 1.82) is 0 Å². The molecule has 3 heteroatoms. The highest BCUT2D eigenvalue weighted by molar-refractivity contribution is 5.22. The third-order valence-corrected chi connectivity index (χ3v) is 4.67. The van der Waals surface area contributed by atoms with Crippen molar-refractivity contribution in [2.75, 3.05) is 6.54 Å². The van der Waals surface area contributed by atoms with Crippen LogP contribution in [0.5, 0.6) is 0 Å². The Morgan fingerprint density at radius 1 is 1.32 bits per heavy atom. The van der Waals surface area contributed by atoms with E-state index in [2.05, 4.69) is 23.7 Å². The fourth-order valence-electron chi connectivity index (χ4n) is 3.52. The van der Waals surface area contributed by atoms with Gasteiger partial charge in [0, 0.05) is 37.7 Å². The predicted octanol–water partition coefficient (Wildman–Crippen LogP) is 3.23. The summed E-state index contributed by atoms with van der Waals surface area (Å²) in [6.07, 6.45) is 7.92. The van der Waals surface area contributed by atoms with Gasteiger partial charge in [-0.15, -0.1) is 0 Å². The van der Waals surface area contributed by atoms with Gasteiger partial charge in [0.2, 0.25) is 0 Å². The number of hydrogen-bond acceptors (Lipinski definition) is 2. The summed E-state index contributed by atoms with van der Waals surface area (Å²) in [5.74, 6) is 2.92. The van der Waals surface area contributed by atoms with Gasteiger partial charge in [0.25, 0.3) is 0 Å². The summed E-state index contributed by atoms with van der Waals surface area (Å²) in [5.41, 5.74) is 2.86. The van der Waals surface area contributed by atoms with E-state index in [9.17, 15) is 0 Å². The van der Waals surface area contributed by atoms with Gasteiger partial charge in [-0.05, 0) is 25.2 Å². The van der Waals surface area contributed by atoms with Gasteiger partial charge >= 0.3 is 0 Å². The molecule has 3 nitrogen and oxygen atoms in total. The molecule has 2 heterocycles. The monoisotopic (exact) mass is 261 g/mol. The molecule has 0 radical (unpaired) electrons. The van der Waals surface area contributed by atoms with Crippen LogP contribution in [0.2, 0.25) is 0 Å². The zero-order valence-corrected chi connectivity index (χ0v) is 12.4. The zero-order chi connectivity index (χ0) is 13.2. The van der Waals surface area contributed by atoms with Crippen LogP contribution in [0, 0.1) is 5.92 Å². The lowest BCUT2D eigenvalue weighted by atomic mass is 10.1. The van der Waals surface area contributed by atoms with Gasteiger partial charge in [0.15, 0.2) is 0 Å². The number of hydrogen-bond donors (Lipinski definition) is 1. The maximum absolute atomic E-state index is 5.01. The Kier molecular flexibility index (Phi) is 3.92. The second-order valence-corrected chi connectivity index (χ2v) is 6.61. The van der Waals surface area contributed by atoms with Gasteiger partial charge in [-0.3, -0.25) is 0 Å². The summed E-state index contributed by atoms with van der Waals surface area (Å²) in [4.78, 5) is 5.01. The number of fused-ring (bicyclic) bond motifs is 1. The van der Waals surface area contributed by atoms with E-state index >= 15 is 0 Å². The smallest absolute Gasteiger partial charge is 0.112 e. The standard InChI is InChI=1S/C16H27N3/c1-12(2)8-10-19-15-7-9-17-11-14(15)18-16(19)13-5-3-4-6-13/h12-13,17H,3-11H2,1-2H3. The Hall–Kier alpha value is -0.830. The van der Waals surface area contributed by atoms with E-state index in [0.717, 1.165) is 31.3 Å². The van der Waals surface area contributed by atoms with Crippen LogP contribution < -0.4 is 5.32 Å². The molecule has 2 aliphatic rings. The van der Waals surface area contributed by atoms with Crippen LogP contribution in [0.4, 0.5) is 0 Å². The van der Waals surface area contributed by atoms with Crippen LogP contribution in [0.15, 0.2) is 0 Å². The molecule has 0 saturated heterocycles. The minimum Gasteiger partial charge on any atom is -0.331 e. The maximum atomic E-state index is 5.01. The van der Waals surface area contributed by atoms with Crippen molar-refractivity contribution >= 4 is 0 Å². The second-order valence-electron chi connectivity index (χ2n) is 6.61. The summed E-state index contributed by atoms with van der Waals surface area (Å²) in [6.45, 7) is 7.90. The number of rotatable bonds is 4. The first-order valence-corrected chi connectivity index (χ1v) is 8.04. The summed E-state index contributed by atoms with van der Waals surface area (Å²) < 4.78 is 2.59. The molecule has 19 heavy (non-hydrogen) atoms. The highest BCUT2D eigenvalue weighted by Gasteiger charge is 2.26. The number of nitrogens with one attached hydrogen (secondary N) is 1. The maximum Gasteiger partial charge on any atom is 0.112 e. The Bertz CT molecular complexity index is 427. The molecule has 1 N–H and O–H groups in total. The average Bonchev–Trinajstić information content (AvgIpc) is 3.03. The molecule has 0 amide bonds. The molecule has 1 aromatic rings. The molecule has 0 unspecified atom stereocenters. The summed E-state index contributed by atoms with van der Waals surface area (Å²) in [6, 6.07) is 0. The fourth-order valence-corrected chi connectivity index (χ4v) is 3.52. The van der Waals surface area contributed by atoms with Crippen molar-refractivity contribution in [1.82, 2.24) is 14.9 Å². The largest absolute Gasteiger partial charge is 0.331 e. The predicted molar refractivity (Wildman–Crippen MR) is 78.3 cm³/mol. The lowest BCUT2D eigenvalue weighted by Gasteiger charge is -2.18. The molecule has 3 rings (SSSR count). The first kappa shape index (κ1) is 13.2. The number of aromatic nitrogens is 2. The highest BCUT2D eigenvalue weighted by atomic mass is 15.1. The van der Waals surface area contributed by atoms with Crippen LogP contribution in [0.25, 0.3) is 0 Å². The second kappa shape index (κ2) is 5.66. The van der Waals surface area contributed by atoms with E-state index in [4.69, 9.17) is 4.98 Å². The van der Waals surface area contributed by atoms with Gasteiger partial charge in [-0.1, -0.05) is 26.7 Å². The Morgan fingerprint density at radius 2 is 2.11 bits per heavy atom. The first-order valence-electron chi connectivity index (χ1n) is 8.04. The number of nitrogens with zero attached hydrogens (tertiary/aromatic N) is 2. The minimum absolute atomic E-state index is 0.734. The Morgan fingerprint density at radius 3 is 2.84 bits per heavy atom. The van der Waals surface area contributed by atoms with E-state index in [1.54, 1.807) is 0 Å². The van der Waals surface area contributed by atoms with Crippen LogP contribution in [-0.2, 0) is 19.5 Å². The highest BCUT2D eigenvalue weighted by Crippen LogP contribution is 2.35. The van der Waals surface area contributed by atoms with Crippen LogP contribution in [-0.4, -0.2) is 16.1 Å². The Balaban J connectivity index is 1.89. The van der Waals surface area contributed by atoms with E-state index in [-0.39, 0.29) is 0 Å². The molecule has 1 aliphatic carbocycles. The van der Waals surface area contributed by atoms with Gasteiger partial charge < -0.3 is 9.88 Å². The molecular formula is C16H27N3. The molecule has 1 aliphatic heterocycles. The summed E-state index contributed by atoms with van der Waals surface area (Å²) in [5, 5.41) is 3.46. The van der Waals surface area contributed by atoms with Crippen LogP contribution >= 0.6 is 0 Å². The van der Waals surface area contributed by atoms with Crippen molar-refractivity contribution in [3.63, 3.8) is 0 Å². The molecule has 106 valence electrons. The van der Waals surface area contributed by atoms with Crippen molar-refractivity contribution in [3.8, 4) is 0 Å². The molecule has 0 spiro atoms. The number of imidazole rings is 1. The van der Waals surface area contributed by atoms with Crippen molar-refractivity contribution < 1.29 is 0 Å². The summed E-state index contributed by atoms with van der Waals surface area (Å²) >= 11 is 0. The Labute approximate surface area is 116 Å². The SMILES string of the molecule is CC(C)CCn1c(C2CCCC2)nc2c1CCNC2. The van der Waals surface area contributed by atoms with Crippen LogP contribution in [0.3, 0.4) is 0 Å². The van der Waals surface area contributed by atoms with E-state index in [1.165, 1.54) is 55.9 Å². The molecule has 1 aromatic heterocycles. The average molecular weight is 261 g/mol. The van der Waals surface area contributed by atoms with Crippen molar-refractivity contribution in [3.05, 3.63) is 17.2 Å². The van der Waals surface area contributed by atoms with Gasteiger partial charge in [-0.2, -0.15) is 0 Å². The van der Waals surface area contributed by atoms with E-state index < -0.39 is 0 Å². The summed E-state index contributed by atoms with van der Waals surface area (Å²) in [7, 11) is 0. The van der Waals surface area contributed by atoms with Crippen LogP contribution in [0.1, 0.15) is 69.1 Å². The molecule has 0 atom stereocenters. The molecule has 0 bridgehead atoms. The topological polar surface area (TPSA) is 29.9 Å². The van der Waals surface area contributed by atoms with Crippen molar-refractivity contribution in [2.45, 2.75) is 71.4 Å². The van der Waals surface area contributed by atoms with Gasteiger partial charge in [-0.25, -0.2) is 4.98 Å². The zero-order valence-electron chi connectivity index (χ0n) is 12.4. The molecule has 1 saturated carbocycles. The molecular weight excluding hydrogens is 234 g/mol. The molecule has 1 fully saturated rings. The minimum atomic E-state index is 0.734. The quantitative estimate of drug-likeness (QED) is 0.902. The lowest BCUT2D eigenvalue weighted by molar-refractivity contribution is 0.476. The molecule has 0 aromatic carbocycles. The normalized spacial score (nSPS) is 20.2. The first-order chi connectivity index (χ1) is 9.25. The van der Waals surface area contributed by atoms with Crippen molar-refractivity contribution in [2.24, 2.45) is 5.92 Å². The van der Waals surface area contributed by atoms with E-state index in [0.29, 0.717) is 0 Å². The van der Waals surface area contributed by atoms with Gasteiger partial charge in [0.1, 0.15) is 5.82 Å². The fraction of sp³-hybridized carbons (Fsp3) is 0.812. The van der Waals surface area contributed by atoms with E-state index in [1.807, 2.05) is 0 Å². The lowest BCUT2D eigenvalue weighted by Crippen LogP contribution is -2.25. The third kappa shape index (κ3) is 2.71. The van der Waals surface area contributed by atoms with Gasteiger partial charge in [0.05, 0.1) is 5.69 Å². The third-order valence-electron chi connectivity index (χ3n) is 4.67.